The molecule has 0 aromatic heterocycles. The molecule has 0 saturated carbocycles. The average molecular weight is 493 g/mol. The van der Waals surface area contributed by atoms with Crippen LogP contribution in [0.15, 0.2) is 78.9 Å². The summed E-state index contributed by atoms with van der Waals surface area (Å²) >= 11 is 0. The maximum atomic E-state index is 13.5. The lowest BCUT2D eigenvalue weighted by Gasteiger charge is -2.32. The number of carbonyl (C=O) groups is 2. The van der Waals surface area contributed by atoms with Gasteiger partial charge in [0.15, 0.2) is 6.61 Å². The molecule has 190 valence electrons. The number of halogens is 1. The minimum Gasteiger partial charge on any atom is -0.497 e. The number of nitrogens with zero attached hydrogens (tertiary/aromatic N) is 1. The first-order valence-electron chi connectivity index (χ1n) is 12.0. The molecule has 0 fully saturated rings. The smallest absolute Gasteiger partial charge is 0.261 e. The number of amides is 2. The van der Waals surface area contributed by atoms with E-state index in [-0.39, 0.29) is 36.8 Å². The van der Waals surface area contributed by atoms with Gasteiger partial charge in [-0.25, -0.2) is 4.39 Å². The van der Waals surface area contributed by atoms with Crippen LogP contribution in [0.2, 0.25) is 0 Å². The van der Waals surface area contributed by atoms with E-state index in [0.29, 0.717) is 23.5 Å². The Morgan fingerprint density at radius 1 is 0.917 bits per heavy atom. The highest BCUT2D eigenvalue weighted by Gasteiger charge is 2.31. The van der Waals surface area contributed by atoms with Crippen molar-refractivity contribution in [2.75, 3.05) is 13.7 Å². The van der Waals surface area contributed by atoms with Crippen LogP contribution in [0.5, 0.6) is 11.5 Å². The molecule has 0 aliphatic carbocycles. The number of hydrogen-bond donors (Lipinski definition) is 1. The molecule has 3 rings (SSSR count). The normalized spacial score (nSPS) is 12.3. The molecule has 36 heavy (non-hydrogen) atoms. The number of hydrogen-bond acceptors (Lipinski definition) is 4. The predicted molar refractivity (Wildman–Crippen MR) is 137 cm³/mol. The van der Waals surface area contributed by atoms with Gasteiger partial charge in [0.2, 0.25) is 5.91 Å². The summed E-state index contributed by atoms with van der Waals surface area (Å²) in [5.41, 5.74) is 1.64. The van der Waals surface area contributed by atoms with Crippen molar-refractivity contribution in [1.82, 2.24) is 10.2 Å². The highest BCUT2D eigenvalue weighted by molar-refractivity contribution is 5.88. The van der Waals surface area contributed by atoms with Gasteiger partial charge in [-0.3, -0.25) is 9.59 Å². The summed E-state index contributed by atoms with van der Waals surface area (Å²) in [7, 11) is 1.57. The summed E-state index contributed by atoms with van der Waals surface area (Å²) < 4.78 is 24.4. The van der Waals surface area contributed by atoms with Crippen molar-refractivity contribution in [3.8, 4) is 11.5 Å². The number of rotatable bonds is 12. The molecular formula is C29H33FN2O4. The quantitative estimate of drug-likeness (QED) is 0.396. The van der Waals surface area contributed by atoms with Crippen molar-refractivity contribution in [3.05, 3.63) is 95.8 Å². The van der Waals surface area contributed by atoms with E-state index in [0.717, 1.165) is 12.0 Å². The molecule has 0 heterocycles. The molecule has 0 spiro atoms. The summed E-state index contributed by atoms with van der Waals surface area (Å²) in [5, 5.41) is 3.02. The topological polar surface area (TPSA) is 67.9 Å². The first kappa shape index (κ1) is 26.7. The largest absolute Gasteiger partial charge is 0.497 e. The number of carbonyl (C=O) groups excluding carboxylic acids is 2. The van der Waals surface area contributed by atoms with Crippen LogP contribution in [0.25, 0.3) is 0 Å². The second-order valence-corrected chi connectivity index (χ2v) is 8.64. The van der Waals surface area contributed by atoms with Gasteiger partial charge in [0.25, 0.3) is 5.91 Å². The van der Waals surface area contributed by atoms with Crippen molar-refractivity contribution < 1.29 is 23.5 Å². The van der Waals surface area contributed by atoms with Crippen LogP contribution >= 0.6 is 0 Å². The van der Waals surface area contributed by atoms with Crippen LogP contribution in [0, 0.1) is 5.82 Å². The molecule has 0 radical (unpaired) electrons. The lowest BCUT2D eigenvalue weighted by atomic mass is 10.0. The maximum absolute atomic E-state index is 13.5. The molecule has 6 nitrogen and oxygen atoms in total. The van der Waals surface area contributed by atoms with Crippen LogP contribution in [-0.4, -0.2) is 42.5 Å². The third kappa shape index (κ3) is 7.83. The van der Waals surface area contributed by atoms with Gasteiger partial charge in [-0.05, 0) is 60.9 Å². The number of ether oxygens (including phenoxy) is 2. The predicted octanol–water partition coefficient (Wildman–Crippen LogP) is 4.77. The number of benzene rings is 3. The molecule has 2 amide bonds. The standard InChI is InChI=1S/C29H33FN2O4/c1-4-21(2)31-29(34)27(18-22-8-6-5-7-9-22)32(19-23-10-12-24(30)13-11-23)28(33)20-36-26-16-14-25(35-3)15-17-26/h5-17,21,27H,4,18-20H2,1-3H3,(H,31,34)/t21-,27+/m0/s1. The maximum Gasteiger partial charge on any atom is 0.261 e. The van der Waals surface area contributed by atoms with E-state index >= 15 is 0 Å². The fraction of sp³-hybridized carbons (Fsp3) is 0.310. The Morgan fingerprint density at radius 3 is 2.17 bits per heavy atom. The second-order valence-electron chi connectivity index (χ2n) is 8.64. The zero-order valence-corrected chi connectivity index (χ0v) is 20.9. The Labute approximate surface area is 212 Å². The van der Waals surface area contributed by atoms with Gasteiger partial charge in [-0.15, -0.1) is 0 Å². The Bertz CT molecular complexity index is 1100. The summed E-state index contributed by atoms with van der Waals surface area (Å²) in [6, 6.07) is 21.6. The molecular weight excluding hydrogens is 459 g/mol. The zero-order chi connectivity index (χ0) is 25.9. The Balaban J connectivity index is 1.88. The molecule has 3 aromatic rings. The minimum absolute atomic E-state index is 0.0471. The highest BCUT2D eigenvalue weighted by atomic mass is 19.1. The second kappa shape index (κ2) is 13.3. The Kier molecular flexibility index (Phi) is 9.86. The fourth-order valence-corrected chi connectivity index (χ4v) is 3.68. The monoisotopic (exact) mass is 492 g/mol. The van der Waals surface area contributed by atoms with Gasteiger partial charge in [-0.1, -0.05) is 49.4 Å². The molecule has 0 saturated heterocycles. The summed E-state index contributed by atoms with van der Waals surface area (Å²) in [5.74, 6) is 0.226. The minimum atomic E-state index is -0.779. The lowest BCUT2D eigenvalue weighted by molar-refractivity contribution is -0.143. The Morgan fingerprint density at radius 2 is 1.56 bits per heavy atom. The molecule has 0 aliphatic rings. The van der Waals surface area contributed by atoms with Gasteiger partial charge >= 0.3 is 0 Å². The SMILES string of the molecule is CC[C@H](C)NC(=O)[C@@H](Cc1ccccc1)N(Cc1ccc(F)cc1)C(=O)COc1ccc(OC)cc1. The van der Waals surface area contributed by atoms with E-state index in [1.165, 1.54) is 17.0 Å². The third-order valence-corrected chi connectivity index (χ3v) is 5.96. The van der Waals surface area contributed by atoms with Crippen LogP contribution in [0.1, 0.15) is 31.4 Å². The van der Waals surface area contributed by atoms with Crippen LogP contribution in [0.3, 0.4) is 0 Å². The van der Waals surface area contributed by atoms with Crippen molar-refractivity contribution in [1.29, 1.82) is 0 Å². The Hall–Kier alpha value is -3.87. The van der Waals surface area contributed by atoms with E-state index in [9.17, 15) is 14.0 Å². The lowest BCUT2D eigenvalue weighted by Crippen LogP contribution is -2.53. The van der Waals surface area contributed by atoms with Crippen LogP contribution in [-0.2, 0) is 22.6 Å². The van der Waals surface area contributed by atoms with Gasteiger partial charge < -0.3 is 19.7 Å². The van der Waals surface area contributed by atoms with Gasteiger partial charge in [0, 0.05) is 19.0 Å². The third-order valence-electron chi connectivity index (χ3n) is 5.96. The van der Waals surface area contributed by atoms with E-state index in [2.05, 4.69) is 5.32 Å². The molecule has 7 heteroatoms. The van der Waals surface area contributed by atoms with Gasteiger partial charge in [0.05, 0.1) is 7.11 Å². The van der Waals surface area contributed by atoms with Crippen molar-refractivity contribution in [3.63, 3.8) is 0 Å². The zero-order valence-electron chi connectivity index (χ0n) is 20.9. The number of nitrogens with one attached hydrogen (secondary N) is 1. The average Bonchev–Trinajstić information content (AvgIpc) is 2.91. The fourth-order valence-electron chi connectivity index (χ4n) is 3.68. The van der Waals surface area contributed by atoms with Gasteiger partial charge in [-0.2, -0.15) is 0 Å². The molecule has 0 bridgehead atoms. The summed E-state index contributed by atoms with van der Waals surface area (Å²) in [6.45, 7) is 3.80. The van der Waals surface area contributed by atoms with E-state index < -0.39 is 6.04 Å². The molecule has 3 aromatic carbocycles. The van der Waals surface area contributed by atoms with E-state index in [4.69, 9.17) is 9.47 Å². The van der Waals surface area contributed by atoms with Crippen molar-refractivity contribution in [2.24, 2.45) is 0 Å². The first-order valence-corrected chi connectivity index (χ1v) is 12.0. The van der Waals surface area contributed by atoms with Gasteiger partial charge in [0.1, 0.15) is 23.4 Å². The van der Waals surface area contributed by atoms with E-state index in [1.54, 1.807) is 43.5 Å². The highest BCUT2D eigenvalue weighted by Crippen LogP contribution is 2.19. The number of methoxy groups -OCH3 is 1. The summed E-state index contributed by atoms with van der Waals surface area (Å²) in [4.78, 5) is 28.5. The molecule has 2 atom stereocenters. The van der Waals surface area contributed by atoms with Crippen molar-refractivity contribution in [2.45, 2.75) is 45.3 Å². The van der Waals surface area contributed by atoms with Crippen LogP contribution in [0.4, 0.5) is 4.39 Å². The van der Waals surface area contributed by atoms with Crippen LogP contribution < -0.4 is 14.8 Å². The van der Waals surface area contributed by atoms with Crippen molar-refractivity contribution >= 4 is 11.8 Å². The van der Waals surface area contributed by atoms with E-state index in [1.807, 2.05) is 44.2 Å². The summed E-state index contributed by atoms with van der Waals surface area (Å²) in [6.07, 6.45) is 1.09. The molecule has 0 unspecified atom stereocenters. The molecule has 1 N–H and O–H groups in total. The first-order chi connectivity index (χ1) is 17.4. The molecule has 0 aliphatic heterocycles.